The van der Waals surface area contributed by atoms with E-state index in [1.165, 1.54) is 0 Å². The maximum Gasteiger partial charge on any atom is 0.262 e. The second-order valence-corrected chi connectivity index (χ2v) is 8.30. The van der Waals surface area contributed by atoms with Gasteiger partial charge in [-0.05, 0) is 48.5 Å². The summed E-state index contributed by atoms with van der Waals surface area (Å²) in [5.41, 5.74) is 1.10. The molecule has 1 N–H and O–H groups in total. The fourth-order valence-corrected chi connectivity index (χ4v) is 3.81. The second kappa shape index (κ2) is 10.6. The summed E-state index contributed by atoms with van der Waals surface area (Å²) < 4.78 is 5.44. The molecule has 2 heterocycles. The van der Waals surface area contributed by atoms with Gasteiger partial charge in [0.05, 0.1) is 22.5 Å². The van der Waals surface area contributed by atoms with Crippen molar-refractivity contribution in [2.24, 2.45) is 0 Å². The molecule has 1 aliphatic rings. The topological polar surface area (TPSA) is 74.8 Å². The number of nitrogens with one attached hydrogen (secondary N) is 1. The van der Waals surface area contributed by atoms with E-state index < -0.39 is 0 Å². The van der Waals surface area contributed by atoms with E-state index in [0.717, 1.165) is 5.82 Å². The zero-order valence-electron chi connectivity index (χ0n) is 17.7. The van der Waals surface area contributed by atoms with Crippen LogP contribution in [0.4, 0.5) is 11.5 Å². The third-order valence-corrected chi connectivity index (χ3v) is 5.79. The van der Waals surface area contributed by atoms with Gasteiger partial charge in [-0.2, -0.15) is 0 Å². The maximum atomic E-state index is 12.7. The van der Waals surface area contributed by atoms with Crippen molar-refractivity contribution in [3.05, 3.63) is 82.5 Å². The number of amides is 2. The number of nitrogens with zero attached hydrogens (tertiary/aromatic N) is 3. The molecule has 0 bridgehead atoms. The van der Waals surface area contributed by atoms with E-state index in [9.17, 15) is 9.59 Å². The number of anilines is 2. The number of piperazine rings is 1. The van der Waals surface area contributed by atoms with E-state index >= 15 is 0 Å². The quantitative estimate of drug-likeness (QED) is 0.562. The minimum Gasteiger partial charge on any atom is -0.484 e. The molecule has 7 nitrogen and oxygen atoms in total. The van der Waals surface area contributed by atoms with E-state index in [1.807, 2.05) is 18.2 Å². The Bertz CT molecular complexity index is 1120. The number of hydrogen-bond acceptors (Lipinski definition) is 5. The molecule has 1 aromatic heterocycles. The van der Waals surface area contributed by atoms with Gasteiger partial charge in [-0.25, -0.2) is 4.98 Å². The van der Waals surface area contributed by atoms with E-state index in [2.05, 4.69) is 15.2 Å². The fraction of sp³-hybridized carbons (Fsp3) is 0.208. The first kappa shape index (κ1) is 22.9. The van der Waals surface area contributed by atoms with Gasteiger partial charge in [-0.3, -0.25) is 9.59 Å². The van der Waals surface area contributed by atoms with Crippen LogP contribution in [-0.2, 0) is 4.79 Å². The summed E-state index contributed by atoms with van der Waals surface area (Å²) in [6.45, 7) is 2.34. The highest BCUT2D eigenvalue weighted by molar-refractivity contribution is 6.33. The summed E-state index contributed by atoms with van der Waals surface area (Å²) in [5.74, 6) is 1.00. The highest BCUT2D eigenvalue weighted by Gasteiger charge is 2.24. The summed E-state index contributed by atoms with van der Waals surface area (Å²) in [6.07, 6.45) is 1.61. The van der Waals surface area contributed by atoms with Crippen molar-refractivity contribution in [1.82, 2.24) is 9.88 Å². The molecule has 1 aliphatic heterocycles. The molecule has 4 rings (SSSR count). The third-order valence-electron chi connectivity index (χ3n) is 5.21. The van der Waals surface area contributed by atoms with E-state index in [4.69, 9.17) is 27.9 Å². The van der Waals surface area contributed by atoms with Gasteiger partial charge in [-0.1, -0.05) is 35.3 Å². The zero-order chi connectivity index (χ0) is 23.2. The molecule has 2 amide bonds. The van der Waals surface area contributed by atoms with Crippen molar-refractivity contribution in [2.45, 2.75) is 0 Å². The lowest BCUT2D eigenvalue weighted by atomic mass is 10.2. The van der Waals surface area contributed by atoms with Crippen molar-refractivity contribution >= 4 is 46.5 Å². The maximum absolute atomic E-state index is 12.7. The van der Waals surface area contributed by atoms with Crippen molar-refractivity contribution < 1.29 is 14.3 Å². The molecular formula is C24H22Cl2N4O3. The minimum absolute atomic E-state index is 0.0629. The summed E-state index contributed by atoms with van der Waals surface area (Å²) >= 11 is 12.0. The smallest absolute Gasteiger partial charge is 0.262 e. The van der Waals surface area contributed by atoms with Crippen LogP contribution in [0, 0.1) is 0 Å². The summed E-state index contributed by atoms with van der Waals surface area (Å²) in [5, 5.41) is 3.83. The Morgan fingerprint density at radius 1 is 0.939 bits per heavy atom. The molecule has 2 aromatic carbocycles. The molecule has 0 spiro atoms. The predicted octanol–water partition coefficient (Wildman–Crippen LogP) is 4.37. The summed E-state index contributed by atoms with van der Waals surface area (Å²) in [7, 11) is 0. The van der Waals surface area contributed by atoms with E-state index in [-0.39, 0.29) is 18.4 Å². The lowest BCUT2D eigenvalue weighted by molar-refractivity contribution is -0.118. The molecular weight excluding hydrogens is 463 g/mol. The van der Waals surface area contributed by atoms with Crippen LogP contribution < -0.4 is 15.0 Å². The molecule has 0 atom stereocenters. The predicted molar refractivity (Wildman–Crippen MR) is 129 cm³/mol. The molecule has 170 valence electrons. The van der Waals surface area contributed by atoms with Crippen LogP contribution in [0.25, 0.3) is 0 Å². The first-order valence-corrected chi connectivity index (χ1v) is 11.2. The molecule has 1 fully saturated rings. The number of ether oxygens (including phenoxy) is 1. The number of hydrogen-bond donors (Lipinski definition) is 1. The lowest BCUT2D eigenvalue weighted by Crippen LogP contribution is -2.49. The normalized spacial score (nSPS) is 13.5. The van der Waals surface area contributed by atoms with Gasteiger partial charge < -0.3 is 19.9 Å². The Kier molecular flexibility index (Phi) is 7.32. The second-order valence-electron chi connectivity index (χ2n) is 7.45. The van der Waals surface area contributed by atoms with E-state index in [0.29, 0.717) is 53.2 Å². The minimum atomic E-state index is -0.286. The van der Waals surface area contributed by atoms with Crippen LogP contribution >= 0.6 is 23.2 Å². The van der Waals surface area contributed by atoms with Crippen LogP contribution in [0.1, 0.15) is 10.4 Å². The fourth-order valence-electron chi connectivity index (χ4n) is 3.47. The SMILES string of the molecule is O=C(COc1ccc(Cl)cc1)Nc1ccc(N2CCN(C(=O)c3ccccc3Cl)CC2)nc1. The number of pyridine rings is 1. The van der Waals surface area contributed by atoms with Gasteiger partial charge >= 0.3 is 0 Å². The third kappa shape index (κ3) is 5.94. The number of carbonyl (C=O) groups excluding carboxylic acids is 2. The van der Waals surface area contributed by atoms with Gasteiger partial charge in [0, 0.05) is 31.2 Å². The Balaban J connectivity index is 1.26. The average molecular weight is 485 g/mol. The number of aromatic nitrogens is 1. The van der Waals surface area contributed by atoms with Crippen LogP contribution in [0.5, 0.6) is 5.75 Å². The van der Waals surface area contributed by atoms with Crippen LogP contribution in [0.3, 0.4) is 0 Å². The Labute approximate surface area is 201 Å². The molecule has 1 saturated heterocycles. The molecule has 33 heavy (non-hydrogen) atoms. The molecule has 0 unspecified atom stereocenters. The number of rotatable bonds is 6. The van der Waals surface area contributed by atoms with Crippen molar-refractivity contribution in [1.29, 1.82) is 0 Å². The van der Waals surface area contributed by atoms with Crippen LogP contribution in [-0.4, -0.2) is 54.5 Å². The van der Waals surface area contributed by atoms with Gasteiger partial charge in [0.1, 0.15) is 11.6 Å². The van der Waals surface area contributed by atoms with Gasteiger partial charge in [-0.15, -0.1) is 0 Å². The molecule has 3 aromatic rings. The first-order valence-electron chi connectivity index (χ1n) is 10.4. The molecule has 0 radical (unpaired) electrons. The van der Waals surface area contributed by atoms with Crippen LogP contribution in [0.15, 0.2) is 66.9 Å². The number of halogens is 2. The Hall–Kier alpha value is -3.29. The van der Waals surface area contributed by atoms with Crippen molar-refractivity contribution in [3.63, 3.8) is 0 Å². The largest absolute Gasteiger partial charge is 0.484 e. The molecule has 0 aliphatic carbocycles. The molecule has 0 saturated carbocycles. The Morgan fingerprint density at radius 3 is 2.33 bits per heavy atom. The van der Waals surface area contributed by atoms with Crippen molar-refractivity contribution in [3.8, 4) is 5.75 Å². The lowest BCUT2D eigenvalue weighted by Gasteiger charge is -2.35. The van der Waals surface area contributed by atoms with Crippen LogP contribution in [0.2, 0.25) is 10.0 Å². The average Bonchev–Trinajstić information content (AvgIpc) is 2.84. The van der Waals surface area contributed by atoms with Gasteiger partial charge in [0.25, 0.3) is 11.8 Å². The monoisotopic (exact) mass is 484 g/mol. The van der Waals surface area contributed by atoms with Crippen molar-refractivity contribution in [2.75, 3.05) is 43.0 Å². The summed E-state index contributed by atoms with van der Waals surface area (Å²) in [4.78, 5) is 33.2. The molecule has 9 heteroatoms. The number of carbonyl (C=O) groups is 2. The first-order chi connectivity index (χ1) is 16.0. The van der Waals surface area contributed by atoms with E-state index in [1.54, 1.807) is 53.6 Å². The standard InChI is InChI=1S/C24H22Cl2N4O3/c25-17-5-8-19(9-6-17)33-16-23(31)28-18-7-10-22(27-15-18)29-11-13-30(14-12-29)24(32)20-3-1-2-4-21(20)26/h1-10,15H,11-14,16H2,(H,28,31). The summed E-state index contributed by atoms with van der Waals surface area (Å²) in [6, 6.07) is 17.5. The highest BCUT2D eigenvalue weighted by Crippen LogP contribution is 2.21. The zero-order valence-corrected chi connectivity index (χ0v) is 19.2. The highest BCUT2D eigenvalue weighted by atomic mass is 35.5. The van der Waals surface area contributed by atoms with Gasteiger partial charge in [0.2, 0.25) is 0 Å². The number of benzene rings is 2. The Morgan fingerprint density at radius 2 is 1.67 bits per heavy atom. The van der Waals surface area contributed by atoms with Gasteiger partial charge in [0.15, 0.2) is 6.61 Å².